The Bertz CT molecular complexity index is 1220. The fourth-order valence-corrected chi connectivity index (χ4v) is 5.07. The third-order valence-electron chi connectivity index (χ3n) is 6.60. The zero-order valence-electron chi connectivity index (χ0n) is 20.8. The number of nitrogens with zero attached hydrogens (tertiary/aromatic N) is 2. The molecule has 0 aliphatic carbocycles. The van der Waals surface area contributed by atoms with Crippen LogP contribution in [0.1, 0.15) is 39.9 Å². The number of rotatable bonds is 6. The molecule has 1 saturated heterocycles. The summed E-state index contributed by atoms with van der Waals surface area (Å²) in [6, 6.07) is 9.47. The van der Waals surface area contributed by atoms with Crippen molar-refractivity contribution < 1.29 is 19.1 Å². The molecule has 2 heterocycles. The lowest BCUT2D eigenvalue weighted by Gasteiger charge is -2.31. The Balaban J connectivity index is 1.36. The van der Waals surface area contributed by atoms with Crippen molar-refractivity contribution in [3.8, 4) is 22.8 Å². The summed E-state index contributed by atoms with van der Waals surface area (Å²) in [7, 11) is 3.11. The van der Waals surface area contributed by atoms with Crippen LogP contribution in [0.2, 0.25) is 0 Å². The van der Waals surface area contributed by atoms with Crippen molar-refractivity contribution in [3.63, 3.8) is 0 Å². The van der Waals surface area contributed by atoms with Gasteiger partial charge in [0.1, 0.15) is 11.5 Å². The molecule has 8 heteroatoms. The highest BCUT2D eigenvalue weighted by Crippen LogP contribution is 2.30. The molecule has 0 atom stereocenters. The summed E-state index contributed by atoms with van der Waals surface area (Å²) in [6.07, 6.45) is 1.21. The molecule has 1 fully saturated rings. The number of thiazole rings is 1. The van der Waals surface area contributed by atoms with Gasteiger partial charge >= 0.3 is 0 Å². The van der Waals surface area contributed by atoms with Crippen molar-refractivity contribution >= 4 is 28.3 Å². The Morgan fingerprint density at radius 3 is 2.20 bits per heavy atom. The van der Waals surface area contributed by atoms with Crippen molar-refractivity contribution in [2.45, 2.75) is 33.6 Å². The van der Waals surface area contributed by atoms with Gasteiger partial charge in [-0.05, 0) is 68.5 Å². The van der Waals surface area contributed by atoms with E-state index < -0.39 is 0 Å². The number of hydrogen-bond acceptors (Lipinski definition) is 6. The van der Waals surface area contributed by atoms with Crippen LogP contribution in [0, 0.1) is 26.7 Å². The maximum absolute atomic E-state index is 13.0. The van der Waals surface area contributed by atoms with E-state index in [-0.39, 0.29) is 17.7 Å². The molecule has 35 heavy (non-hydrogen) atoms. The summed E-state index contributed by atoms with van der Waals surface area (Å²) in [6.45, 7) is 7.30. The van der Waals surface area contributed by atoms with Crippen LogP contribution >= 0.6 is 11.3 Å². The van der Waals surface area contributed by atoms with E-state index in [1.165, 1.54) is 28.0 Å². The summed E-state index contributed by atoms with van der Waals surface area (Å²) in [4.78, 5) is 32.4. The summed E-state index contributed by atoms with van der Waals surface area (Å²) < 4.78 is 10.6. The van der Waals surface area contributed by atoms with E-state index >= 15 is 0 Å². The molecular formula is C27H31N3O4S. The van der Waals surface area contributed by atoms with Crippen LogP contribution in [0.3, 0.4) is 0 Å². The van der Waals surface area contributed by atoms with E-state index in [0.29, 0.717) is 48.1 Å². The third kappa shape index (κ3) is 5.48. The second kappa shape index (κ2) is 10.5. The molecule has 1 N–H and O–H groups in total. The topological polar surface area (TPSA) is 80.8 Å². The Morgan fingerprint density at radius 1 is 0.943 bits per heavy atom. The Kier molecular flexibility index (Phi) is 7.40. The van der Waals surface area contributed by atoms with Crippen molar-refractivity contribution in [1.82, 2.24) is 9.88 Å². The van der Waals surface area contributed by atoms with Crippen molar-refractivity contribution in [3.05, 3.63) is 58.0 Å². The average molecular weight is 494 g/mol. The Hall–Kier alpha value is -3.39. The molecule has 1 aliphatic rings. The minimum atomic E-state index is -0.158. The monoisotopic (exact) mass is 493 g/mol. The van der Waals surface area contributed by atoms with Gasteiger partial charge in [0.05, 0.1) is 19.9 Å². The normalized spacial score (nSPS) is 14.0. The van der Waals surface area contributed by atoms with E-state index in [2.05, 4.69) is 43.2 Å². The van der Waals surface area contributed by atoms with Gasteiger partial charge in [-0.1, -0.05) is 6.07 Å². The molecule has 2 amide bonds. The van der Waals surface area contributed by atoms with Crippen LogP contribution in [0.5, 0.6) is 11.5 Å². The molecule has 1 aliphatic heterocycles. The second-order valence-corrected chi connectivity index (χ2v) is 9.80. The Labute approximate surface area is 210 Å². The first kappa shape index (κ1) is 24.7. The summed E-state index contributed by atoms with van der Waals surface area (Å²) in [5.41, 5.74) is 6.12. The van der Waals surface area contributed by atoms with Crippen LogP contribution in [0.25, 0.3) is 11.3 Å². The number of carbonyl (C=O) groups is 2. The number of amides is 2. The first-order valence-corrected chi connectivity index (χ1v) is 12.5. The molecule has 1 aromatic heterocycles. The van der Waals surface area contributed by atoms with Gasteiger partial charge in [0.2, 0.25) is 5.91 Å². The van der Waals surface area contributed by atoms with Gasteiger partial charge in [0, 0.05) is 41.6 Å². The summed E-state index contributed by atoms with van der Waals surface area (Å²) in [5.74, 6) is 0.850. The molecule has 2 aromatic carbocycles. The van der Waals surface area contributed by atoms with Crippen LogP contribution in [-0.4, -0.2) is 49.0 Å². The predicted molar refractivity (Wildman–Crippen MR) is 139 cm³/mol. The van der Waals surface area contributed by atoms with Gasteiger partial charge in [0.25, 0.3) is 5.91 Å². The molecule has 0 radical (unpaired) electrons. The lowest BCUT2D eigenvalue weighted by atomic mass is 9.95. The SMILES string of the molecule is COc1cc(OC)cc(C(=O)N2CCC(C(=O)Nc3nc(-c4cc(C)c(C)cc4C)cs3)CC2)c1. The zero-order chi connectivity index (χ0) is 25.1. The minimum Gasteiger partial charge on any atom is -0.497 e. The number of piperidine rings is 1. The van der Waals surface area contributed by atoms with E-state index in [0.717, 1.165) is 11.3 Å². The smallest absolute Gasteiger partial charge is 0.254 e. The lowest BCUT2D eigenvalue weighted by molar-refractivity contribution is -0.121. The van der Waals surface area contributed by atoms with Crippen LogP contribution < -0.4 is 14.8 Å². The number of ether oxygens (including phenoxy) is 2. The van der Waals surface area contributed by atoms with E-state index in [4.69, 9.17) is 9.47 Å². The molecule has 0 spiro atoms. The predicted octanol–water partition coefficient (Wildman–Crippen LogP) is 5.24. The van der Waals surface area contributed by atoms with E-state index in [1.54, 1.807) is 37.3 Å². The Morgan fingerprint density at radius 2 is 1.57 bits per heavy atom. The molecule has 3 aromatic rings. The lowest BCUT2D eigenvalue weighted by Crippen LogP contribution is -2.41. The maximum atomic E-state index is 13.0. The number of anilines is 1. The standard InChI is InChI=1S/C27H31N3O4S/c1-16-10-18(3)23(11-17(16)2)24-15-35-27(28-24)29-25(31)19-6-8-30(9-7-19)26(32)20-12-21(33-4)14-22(13-20)34-5/h10-15,19H,6-9H2,1-5H3,(H,28,29,31). The number of hydrogen-bond donors (Lipinski definition) is 1. The van der Waals surface area contributed by atoms with Crippen LogP contribution in [0.4, 0.5) is 5.13 Å². The number of aromatic nitrogens is 1. The maximum Gasteiger partial charge on any atom is 0.254 e. The average Bonchev–Trinajstić information content (AvgIpc) is 3.33. The first-order chi connectivity index (χ1) is 16.8. The number of nitrogens with one attached hydrogen (secondary N) is 1. The van der Waals surface area contributed by atoms with Crippen LogP contribution in [0.15, 0.2) is 35.7 Å². The zero-order valence-corrected chi connectivity index (χ0v) is 21.6. The highest BCUT2D eigenvalue weighted by Gasteiger charge is 2.29. The highest BCUT2D eigenvalue weighted by atomic mass is 32.1. The first-order valence-electron chi connectivity index (χ1n) is 11.7. The fourth-order valence-electron chi connectivity index (χ4n) is 4.36. The fraction of sp³-hybridized carbons (Fsp3) is 0.370. The highest BCUT2D eigenvalue weighted by molar-refractivity contribution is 7.14. The van der Waals surface area contributed by atoms with Gasteiger partial charge in [-0.15, -0.1) is 11.3 Å². The molecule has 0 bridgehead atoms. The molecule has 184 valence electrons. The summed E-state index contributed by atoms with van der Waals surface area (Å²) in [5, 5.41) is 5.57. The van der Waals surface area contributed by atoms with E-state index in [1.807, 2.05) is 5.38 Å². The molecule has 0 unspecified atom stereocenters. The quantitative estimate of drug-likeness (QED) is 0.508. The van der Waals surface area contributed by atoms with Crippen LogP contribution in [-0.2, 0) is 4.79 Å². The number of benzene rings is 2. The summed E-state index contributed by atoms with van der Waals surface area (Å²) >= 11 is 1.43. The van der Waals surface area contributed by atoms with E-state index in [9.17, 15) is 9.59 Å². The van der Waals surface area contributed by atoms with Crippen molar-refractivity contribution in [1.29, 1.82) is 0 Å². The van der Waals surface area contributed by atoms with Gasteiger partial charge in [-0.3, -0.25) is 9.59 Å². The van der Waals surface area contributed by atoms with Gasteiger partial charge in [-0.2, -0.15) is 0 Å². The van der Waals surface area contributed by atoms with Gasteiger partial charge in [0.15, 0.2) is 5.13 Å². The molecule has 0 saturated carbocycles. The number of aryl methyl sites for hydroxylation is 3. The molecule has 7 nitrogen and oxygen atoms in total. The van der Waals surface area contributed by atoms with Crippen molar-refractivity contribution in [2.75, 3.05) is 32.6 Å². The van der Waals surface area contributed by atoms with Gasteiger partial charge in [-0.25, -0.2) is 4.98 Å². The minimum absolute atomic E-state index is 0.0437. The second-order valence-electron chi connectivity index (χ2n) is 8.95. The third-order valence-corrected chi connectivity index (χ3v) is 7.36. The largest absolute Gasteiger partial charge is 0.497 e. The van der Waals surface area contributed by atoms with Gasteiger partial charge < -0.3 is 19.7 Å². The number of likely N-dealkylation sites (tertiary alicyclic amines) is 1. The molecular weight excluding hydrogens is 462 g/mol. The number of carbonyl (C=O) groups excluding carboxylic acids is 2. The van der Waals surface area contributed by atoms with Crippen molar-refractivity contribution in [2.24, 2.45) is 5.92 Å². The molecule has 4 rings (SSSR count). The number of methoxy groups -OCH3 is 2.